The van der Waals surface area contributed by atoms with E-state index in [1.54, 1.807) is 0 Å². The van der Waals surface area contributed by atoms with E-state index in [1.165, 1.54) is 12.1 Å². The normalized spacial score (nSPS) is 14.6. The highest BCUT2D eigenvalue weighted by molar-refractivity contribution is 9.10. The molecule has 0 aliphatic carbocycles. The Balaban J connectivity index is 2.31. The molecular formula is C11H8BrFN2O. The summed E-state index contributed by atoms with van der Waals surface area (Å²) < 4.78 is 19.2. The number of rotatable bonds is 0. The first-order valence-corrected chi connectivity index (χ1v) is 5.82. The molecule has 0 spiro atoms. The highest BCUT2D eigenvalue weighted by Gasteiger charge is 2.16. The molecular weight excluding hydrogens is 275 g/mol. The summed E-state index contributed by atoms with van der Waals surface area (Å²) in [5, 5.41) is 0. The molecule has 0 saturated carbocycles. The Bertz CT molecular complexity index is 573. The van der Waals surface area contributed by atoms with Crippen LogP contribution in [0.25, 0.3) is 11.0 Å². The fraction of sp³-hybridized carbons (Fsp3) is 0.273. The zero-order valence-electron chi connectivity index (χ0n) is 8.33. The number of aromatic nitrogens is 2. The largest absolute Gasteiger partial charge is 0.476 e. The summed E-state index contributed by atoms with van der Waals surface area (Å²) in [6.45, 7) is 0.656. The lowest BCUT2D eigenvalue weighted by Gasteiger charge is -2.15. The van der Waals surface area contributed by atoms with Gasteiger partial charge in [0.05, 0.1) is 12.1 Å². The second kappa shape index (κ2) is 3.66. The van der Waals surface area contributed by atoms with E-state index in [9.17, 15) is 4.39 Å². The summed E-state index contributed by atoms with van der Waals surface area (Å²) in [7, 11) is 0. The van der Waals surface area contributed by atoms with Gasteiger partial charge < -0.3 is 4.74 Å². The van der Waals surface area contributed by atoms with Gasteiger partial charge in [0.1, 0.15) is 17.0 Å². The second-order valence-corrected chi connectivity index (χ2v) is 4.54. The van der Waals surface area contributed by atoms with Crippen molar-refractivity contribution in [3.05, 3.63) is 28.1 Å². The maximum Gasteiger partial charge on any atom is 0.236 e. The summed E-state index contributed by atoms with van der Waals surface area (Å²) in [5.74, 6) is 0.209. The van der Waals surface area contributed by atoms with Crippen LogP contribution in [-0.2, 0) is 6.42 Å². The number of hydrogen-bond acceptors (Lipinski definition) is 3. The lowest BCUT2D eigenvalue weighted by Crippen LogP contribution is -2.11. The van der Waals surface area contributed by atoms with E-state index in [-0.39, 0.29) is 5.82 Å². The van der Waals surface area contributed by atoms with Gasteiger partial charge in [-0.3, -0.25) is 0 Å². The quantitative estimate of drug-likeness (QED) is 0.745. The maximum atomic E-state index is 13.2. The number of benzene rings is 1. The molecule has 1 aromatic heterocycles. The molecule has 0 saturated heterocycles. The molecule has 0 atom stereocenters. The molecule has 5 heteroatoms. The molecule has 0 bridgehead atoms. The number of nitrogens with zero attached hydrogens (tertiary/aromatic N) is 2. The predicted octanol–water partition coefficient (Wildman–Crippen LogP) is 2.86. The van der Waals surface area contributed by atoms with Crippen molar-refractivity contribution in [1.29, 1.82) is 0 Å². The van der Waals surface area contributed by atoms with Crippen molar-refractivity contribution in [3.8, 4) is 5.88 Å². The standard InChI is InChI=1S/C11H8BrFN2O/c12-7-4-6(13)5-9-10(7)14-8-2-1-3-16-11(8)15-9/h4-5H,1-3H2. The van der Waals surface area contributed by atoms with Crippen molar-refractivity contribution in [2.45, 2.75) is 12.8 Å². The minimum absolute atomic E-state index is 0.329. The average molecular weight is 283 g/mol. The van der Waals surface area contributed by atoms with Crippen molar-refractivity contribution in [1.82, 2.24) is 9.97 Å². The van der Waals surface area contributed by atoms with E-state index in [0.717, 1.165) is 18.5 Å². The van der Waals surface area contributed by atoms with Crippen LogP contribution in [0, 0.1) is 5.82 Å². The van der Waals surface area contributed by atoms with E-state index in [4.69, 9.17) is 4.74 Å². The van der Waals surface area contributed by atoms with E-state index in [0.29, 0.717) is 28.0 Å². The van der Waals surface area contributed by atoms with Crippen molar-refractivity contribution >= 4 is 27.0 Å². The molecule has 1 aliphatic rings. The van der Waals surface area contributed by atoms with Crippen LogP contribution < -0.4 is 4.74 Å². The topological polar surface area (TPSA) is 35.0 Å². The first-order valence-electron chi connectivity index (χ1n) is 5.02. The van der Waals surface area contributed by atoms with Gasteiger partial charge in [-0.2, -0.15) is 0 Å². The molecule has 1 aromatic carbocycles. The van der Waals surface area contributed by atoms with Gasteiger partial charge in [0.2, 0.25) is 5.88 Å². The van der Waals surface area contributed by atoms with E-state index >= 15 is 0 Å². The molecule has 0 N–H and O–H groups in total. The van der Waals surface area contributed by atoms with Gasteiger partial charge in [-0.05, 0) is 34.8 Å². The van der Waals surface area contributed by atoms with Gasteiger partial charge >= 0.3 is 0 Å². The van der Waals surface area contributed by atoms with Crippen LogP contribution >= 0.6 is 15.9 Å². The third kappa shape index (κ3) is 1.55. The predicted molar refractivity (Wildman–Crippen MR) is 61.0 cm³/mol. The van der Waals surface area contributed by atoms with Crippen LogP contribution in [0.15, 0.2) is 16.6 Å². The number of hydrogen-bond donors (Lipinski definition) is 0. The summed E-state index contributed by atoms with van der Waals surface area (Å²) in [4.78, 5) is 8.74. The van der Waals surface area contributed by atoms with Crippen LogP contribution in [-0.4, -0.2) is 16.6 Å². The summed E-state index contributed by atoms with van der Waals surface area (Å²) >= 11 is 3.29. The van der Waals surface area contributed by atoms with Crippen LogP contribution in [0.4, 0.5) is 4.39 Å². The lowest BCUT2D eigenvalue weighted by molar-refractivity contribution is 0.274. The van der Waals surface area contributed by atoms with Crippen LogP contribution in [0.3, 0.4) is 0 Å². The molecule has 0 unspecified atom stereocenters. The third-order valence-electron chi connectivity index (χ3n) is 2.52. The first kappa shape index (κ1) is 9.96. The van der Waals surface area contributed by atoms with Gasteiger partial charge in [0.15, 0.2) is 0 Å². The first-order chi connectivity index (χ1) is 7.74. The molecule has 2 heterocycles. The number of halogens is 2. The fourth-order valence-electron chi connectivity index (χ4n) is 1.79. The number of aryl methyl sites for hydroxylation is 1. The zero-order valence-corrected chi connectivity index (χ0v) is 9.92. The number of ether oxygens (including phenoxy) is 1. The molecule has 0 radical (unpaired) electrons. The van der Waals surface area contributed by atoms with Crippen molar-refractivity contribution in [2.24, 2.45) is 0 Å². The average Bonchev–Trinajstić information content (AvgIpc) is 2.27. The van der Waals surface area contributed by atoms with Gasteiger partial charge in [0.25, 0.3) is 0 Å². The molecule has 0 amide bonds. The Morgan fingerprint density at radius 3 is 3.06 bits per heavy atom. The van der Waals surface area contributed by atoms with E-state index in [1.807, 2.05) is 0 Å². The van der Waals surface area contributed by atoms with E-state index in [2.05, 4.69) is 25.9 Å². The summed E-state index contributed by atoms with van der Waals surface area (Å²) in [6.07, 6.45) is 1.81. The van der Waals surface area contributed by atoms with Gasteiger partial charge in [-0.15, -0.1) is 0 Å². The lowest BCUT2D eigenvalue weighted by atomic mass is 10.2. The number of fused-ring (bicyclic) bond motifs is 2. The summed E-state index contributed by atoms with van der Waals surface area (Å²) in [6, 6.07) is 2.76. The fourth-order valence-corrected chi connectivity index (χ4v) is 2.30. The highest BCUT2D eigenvalue weighted by Crippen LogP contribution is 2.28. The minimum Gasteiger partial charge on any atom is -0.476 e. The molecule has 1 aliphatic heterocycles. The SMILES string of the molecule is Fc1cc(Br)c2nc3c(nc2c1)OCCC3. The van der Waals surface area contributed by atoms with Crippen molar-refractivity contribution < 1.29 is 9.13 Å². The Morgan fingerprint density at radius 1 is 1.31 bits per heavy atom. The summed E-state index contributed by atoms with van der Waals surface area (Å²) in [5.41, 5.74) is 2.06. The van der Waals surface area contributed by atoms with Crippen LogP contribution in [0.2, 0.25) is 0 Å². The Kier molecular flexibility index (Phi) is 2.28. The minimum atomic E-state index is -0.329. The smallest absolute Gasteiger partial charge is 0.236 e. The molecule has 3 nitrogen and oxygen atoms in total. The van der Waals surface area contributed by atoms with E-state index < -0.39 is 0 Å². The highest BCUT2D eigenvalue weighted by atomic mass is 79.9. The molecule has 3 rings (SSSR count). The van der Waals surface area contributed by atoms with Gasteiger partial charge in [-0.1, -0.05) is 0 Å². The molecule has 16 heavy (non-hydrogen) atoms. The third-order valence-corrected chi connectivity index (χ3v) is 3.12. The maximum absolute atomic E-state index is 13.2. The van der Waals surface area contributed by atoms with Gasteiger partial charge in [0, 0.05) is 10.5 Å². The molecule has 82 valence electrons. The monoisotopic (exact) mass is 282 g/mol. The van der Waals surface area contributed by atoms with Gasteiger partial charge in [-0.25, -0.2) is 14.4 Å². The molecule has 2 aromatic rings. The van der Waals surface area contributed by atoms with Crippen LogP contribution in [0.1, 0.15) is 12.1 Å². The zero-order chi connectivity index (χ0) is 11.1. The van der Waals surface area contributed by atoms with Crippen LogP contribution in [0.5, 0.6) is 5.88 Å². The Hall–Kier alpha value is -1.23. The molecule has 0 fully saturated rings. The Morgan fingerprint density at radius 2 is 2.19 bits per heavy atom. The Labute approximate surface area is 99.8 Å². The van der Waals surface area contributed by atoms with Crippen molar-refractivity contribution in [3.63, 3.8) is 0 Å². The second-order valence-electron chi connectivity index (χ2n) is 3.68. The van der Waals surface area contributed by atoms with Crippen molar-refractivity contribution in [2.75, 3.05) is 6.61 Å².